The van der Waals surface area contributed by atoms with Crippen molar-refractivity contribution in [2.45, 2.75) is 88.6 Å². The topological polar surface area (TPSA) is 108 Å². The summed E-state index contributed by atoms with van der Waals surface area (Å²) < 4.78 is 114. The maximum absolute atomic E-state index is 13.3. The zero-order chi connectivity index (χ0) is 52.9. The molecule has 19 heteroatoms. The third kappa shape index (κ3) is 16.8. The maximum atomic E-state index is 13.3. The Bertz CT molecular complexity index is 2420. The number of hydrogen-bond acceptors (Lipinski definition) is 8. The minimum absolute atomic E-state index is 0.00497. The molecule has 4 atom stereocenters. The van der Waals surface area contributed by atoms with Crippen LogP contribution in [0.2, 0.25) is 0 Å². The number of aryl methyl sites for hydroxylation is 2. The lowest BCUT2D eigenvalue weighted by molar-refractivity contribution is -0.187. The average Bonchev–Trinajstić information content (AvgIpc) is 4.28. The molecule has 4 unspecified atom stereocenters. The number of ether oxygens (including phenoxy) is 2. The fourth-order valence-electron chi connectivity index (χ4n) is 9.08. The summed E-state index contributed by atoms with van der Waals surface area (Å²) in [6.07, 6.45) is -4.97. The predicted octanol–water partition coefficient (Wildman–Crippen LogP) is 10.3. The number of hydrogen-bond donors (Lipinski definition) is 1. The van der Waals surface area contributed by atoms with Gasteiger partial charge in [0.25, 0.3) is 0 Å². The number of rotatable bonds is 19. The molecule has 8 rings (SSSR count). The van der Waals surface area contributed by atoms with Gasteiger partial charge in [-0.05, 0) is 130 Å². The van der Waals surface area contributed by atoms with E-state index in [1.165, 1.54) is 29.8 Å². The van der Waals surface area contributed by atoms with Crippen molar-refractivity contribution in [3.8, 4) is 0 Å². The molecule has 396 valence electrons. The van der Waals surface area contributed by atoms with Crippen molar-refractivity contribution < 1.29 is 63.8 Å². The molecule has 4 aromatic rings. The van der Waals surface area contributed by atoms with Crippen LogP contribution in [-0.2, 0) is 31.9 Å². The smallest absolute Gasteiger partial charge is 0.462 e. The SMILES string of the molecule is CCOC(=O)c1ccc(CCCBr)cc1.CCOC(=O)c1ccc(CCCN2CC(CN(C(=O)C(F)(F)F)C3CC3c3ccc(F)cc3)C2)cc1.O=C(N(CC1CNC1)C1CC1c1ccc(F)cc1)C(F)(F)F. The second-order valence-corrected chi connectivity index (χ2v) is 19.5. The number of alkyl halides is 7. The molecule has 0 aromatic heterocycles. The van der Waals surface area contributed by atoms with Crippen LogP contribution in [0.3, 0.4) is 0 Å². The second kappa shape index (κ2) is 26.2. The highest BCUT2D eigenvalue weighted by atomic mass is 79.9. The number of nitrogens with zero attached hydrogens (tertiary/aromatic N) is 3. The number of nitrogens with one attached hydrogen (secondary N) is 1. The molecule has 2 aliphatic heterocycles. The third-order valence-corrected chi connectivity index (χ3v) is 13.8. The van der Waals surface area contributed by atoms with E-state index in [-0.39, 0.29) is 54.5 Å². The van der Waals surface area contributed by atoms with Crippen molar-refractivity contribution in [1.82, 2.24) is 20.0 Å². The highest BCUT2D eigenvalue weighted by Gasteiger charge is 2.54. The molecule has 10 nitrogen and oxygen atoms in total. The number of carbonyl (C=O) groups is 4. The van der Waals surface area contributed by atoms with Crippen LogP contribution in [0.15, 0.2) is 97.1 Å². The maximum Gasteiger partial charge on any atom is 0.471 e. The minimum Gasteiger partial charge on any atom is -0.462 e. The normalized spacial score (nSPS) is 19.4. The number of amides is 2. The third-order valence-electron chi connectivity index (χ3n) is 13.2. The van der Waals surface area contributed by atoms with Gasteiger partial charge in [-0.15, -0.1) is 0 Å². The van der Waals surface area contributed by atoms with E-state index in [2.05, 4.69) is 26.1 Å². The fourth-order valence-corrected chi connectivity index (χ4v) is 9.36. The molecular weight excluding hydrogens is 1030 g/mol. The summed E-state index contributed by atoms with van der Waals surface area (Å²) in [5.74, 6) is -5.20. The molecule has 4 fully saturated rings. The van der Waals surface area contributed by atoms with Gasteiger partial charge in [0.2, 0.25) is 0 Å². The molecule has 2 saturated carbocycles. The molecule has 0 spiro atoms. The molecule has 2 aliphatic carbocycles. The molecule has 1 N–H and O–H groups in total. The molecule has 4 aliphatic rings. The first kappa shape index (κ1) is 56.9. The van der Waals surface area contributed by atoms with Crippen LogP contribution in [0.1, 0.15) is 94.3 Å². The van der Waals surface area contributed by atoms with Crippen molar-refractivity contribution in [3.05, 3.63) is 142 Å². The number of esters is 2. The van der Waals surface area contributed by atoms with Gasteiger partial charge in [-0.3, -0.25) is 9.59 Å². The predicted molar refractivity (Wildman–Crippen MR) is 262 cm³/mol. The van der Waals surface area contributed by atoms with E-state index < -0.39 is 42.1 Å². The van der Waals surface area contributed by atoms with E-state index in [0.29, 0.717) is 63.4 Å². The quantitative estimate of drug-likeness (QED) is 0.0562. The fraction of sp³-hybridized carbons (Fsp3) is 0.481. The van der Waals surface area contributed by atoms with E-state index >= 15 is 0 Å². The van der Waals surface area contributed by atoms with Crippen molar-refractivity contribution in [2.75, 3.05) is 64.4 Å². The highest BCUT2D eigenvalue weighted by molar-refractivity contribution is 9.09. The summed E-state index contributed by atoms with van der Waals surface area (Å²) in [7, 11) is 0. The van der Waals surface area contributed by atoms with Gasteiger partial charge in [-0.1, -0.05) is 64.5 Å². The molecule has 73 heavy (non-hydrogen) atoms. The Balaban J connectivity index is 0.000000199. The van der Waals surface area contributed by atoms with Crippen molar-refractivity contribution in [2.24, 2.45) is 11.8 Å². The van der Waals surface area contributed by atoms with E-state index in [4.69, 9.17) is 9.47 Å². The zero-order valence-corrected chi connectivity index (χ0v) is 42.3. The monoisotopic (exact) mass is 1090 g/mol. The first-order chi connectivity index (χ1) is 34.8. The van der Waals surface area contributed by atoms with Gasteiger partial charge in [-0.25, -0.2) is 18.4 Å². The van der Waals surface area contributed by atoms with Crippen molar-refractivity contribution >= 4 is 39.7 Å². The van der Waals surface area contributed by atoms with Gasteiger partial charge in [0.05, 0.1) is 24.3 Å². The molecule has 2 saturated heterocycles. The summed E-state index contributed by atoms with van der Waals surface area (Å²) in [6, 6.07) is 25.4. The van der Waals surface area contributed by atoms with Crippen LogP contribution in [0.5, 0.6) is 0 Å². The molecular formula is C54H61BrF8N4O6. The lowest BCUT2D eigenvalue weighted by Crippen LogP contribution is -2.54. The van der Waals surface area contributed by atoms with E-state index in [9.17, 15) is 54.3 Å². The van der Waals surface area contributed by atoms with Gasteiger partial charge in [0.1, 0.15) is 11.6 Å². The highest BCUT2D eigenvalue weighted by Crippen LogP contribution is 2.47. The summed E-state index contributed by atoms with van der Waals surface area (Å²) in [4.78, 5) is 51.0. The van der Waals surface area contributed by atoms with Gasteiger partial charge < -0.3 is 29.5 Å². The van der Waals surface area contributed by atoms with Gasteiger partial charge in [-0.2, -0.15) is 26.3 Å². The van der Waals surface area contributed by atoms with Crippen LogP contribution in [-0.4, -0.2) is 127 Å². The Morgan fingerprint density at radius 1 is 0.603 bits per heavy atom. The van der Waals surface area contributed by atoms with E-state index in [0.717, 1.165) is 64.0 Å². The van der Waals surface area contributed by atoms with E-state index in [1.807, 2.05) is 43.3 Å². The lowest BCUT2D eigenvalue weighted by Gasteiger charge is -2.42. The van der Waals surface area contributed by atoms with E-state index in [1.54, 1.807) is 43.3 Å². The Kier molecular flexibility index (Phi) is 20.4. The van der Waals surface area contributed by atoms with Crippen molar-refractivity contribution in [3.63, 3.8) is 0 Å². The summed E-state index contributed by atoms with van der Waals surface area (Å²) >= 11 is 3.39. The molecule has 2 heterocycles. The molecule has 2 amide bonds. The Labute approximate surface area is 428 Å². The Morgan fingerprint density at radius 2 is 1.00 bits per heavy atom. The standard InChI is InChI=1S/C27H30F4N2O3.C15H16F4N2O.C12H15BrO2/c1-2-36-25(34)21-7-5-18(6-8-21)4-3-13-32-15-19(16-32)17-33(26(35)27(29,30)31)24-14-23(24)20-9-11-22(28)12-10-20;16-11-3-1-10(2-4-11)12-5-13(12)21(8-9-6-20-7-9)14(22)15(17,18)19;1-2-15-12(14)11-7-5-10(6-8-11)4-3-9-13/h5-12,19,23-24H,2-4,13-17H2,1H3;1-4,9,12-13,20H,5-8H2;5-8H,2-4,9H2,1H3. The number of halogens is 9. The zero-order valence-electron chi connectivity index (χ0n) is 40.7. The summed E-state index contributed by atoms with van der Waals surface area (Å²) in [6.45, 7) is 7.89. The van der Waals surface area contributed by atoms with Crippen LogP contribution in [0.25, 0.3) is 0 Å². The Morgan fingerprint density at radius 3 is 1.36 bits per heavy atom. The number of carbonyl (C=O) groups excluding carboxylic acids is 4. The van der Waals surface area contributed by atoms with Crippen molar-refractivity contribution in [1.29, 1.82) is 0 Å². The molecule has 4 aromatic carbocycles. The number of likely N-dealkylation sites (tertiary alicyclic amines) is 1. The minimum atomic E-state index is -4.91. The summed E-state index contributed by atoms with van der Waals surface area (Å²) in [5, 5.41) is 4.00. The van der Waals surface area contributed by atoms with Crippen LogP contribution < -0.4 is 5.32 Å². The van der Waals surface area contributed by atoms with Crippen LogP contribution in [0, 0.1) is 23.5 Å². The van der Waals surface area contributed by atoms with Crippen LogP contribution in [0.4, 0.5) is 35.1 Å². The largest absolute Gasteiger partial charge is 0.471 e. The second-order valence-electron chi connectivity index (χ2n) is 18.7. The van der Waals surface area contributed by atoms with Gasteiger partial charge >= 0.3 is 36.1 Å². The van der Waals surface area contributed by atoms with Gasteiger partial charge in [0, 0.05) is 80.4 Å². The first-order valence-electron chi connectivity index (χ1n) is 24.6. The lowest BCUT2D eigenvalue weighted by atomic mass is 9.98. The molecule has 0 bridgehead atoms. The first-order valence-corrected chi connectivity index (χ1v) is 25.7. The molecule has 0 radical (unpaired) electrons. The summed E-state index contributed by atoms with van der Waals surface area (Å²) in [5.41, 5.74) is 5.02. The van der Waals surface area contributed by atoms with Crippen LogP contribution >= 0.6 is 15.9 Å². The number of benzene rings is 4. The van der Waals surface area contributed by atoms with Gasteiger partial charge in [0.15, 0.2) is 0 Å². The Hall–Kier alpha value is -5.40. The average molecular weight is 1090 g/mol.